The largest absolute Gasteiger partial charge is 0.444 e. The number of carbonyl (C=O) groups excluding carboxylic acids is 1. The summed E-state index contributed by atoms with van der Waals surface area (Å²) in [6.07, 6.45) is 11.9. The monoisotopic (exact) mass is 504 g/mol. The Bertz CT molecular complexity index is 1330. The fraction of sp³-hybridized carbons (Fsp3) is 0.519. The van der Waals surface area contributed by atoms with Crippen LogP contribution in [0.15, 0.2) is 49.3 Å². The lowest BCUT2D eigenvalue weighted by Crippen LogP contribution is -2.41. The molecule has 2 aliphatic heterocycles. The highest BCUT2D eigenvalue weighted by Crippen LogP contribution is 2.29. The lowest BCUT2D eigenvalue weighted by molar-refractivity contribution is 0.0205. The van der Waals surface area contributed by atoms with Crippen molar-refractivity contribution in [2.45, 2.75) is 63.9 Å². The first-order valence-electron chi connectivity index (χ1n) is 13.1. The minimum Gasteiger partial charge on any atom is -0.444 e. The number of nitrogens with one attached hydrogen (secondary N) is 1. The number of hydrogen-bond donors (Lipinski definition) is 1. The lowest BCUT2D eigenvalue weighted by atomic mass is 9.90. The van der Waals surface area contributed by atoms with Gasteiger partial charge in [-0.05, 0) is 94.6 Å². The van der Waals surface area contributed by atoms with Crippen molar-refractivity contribution in [3.8, 4) is 0 Å². The zero-order valence-corrected chi connectivity index (χ0v) is 21.9. The van der Waals surface area contributed by atoms with Gasteiger partial charge in [0, 0.05) is 25.5 Å². The van der Waals surface area contributed by atoms with Crippen molar-refractivity contribution in [3.05, 3.63) is 60.4 Å². The van der Waals surface area contributed by atoms with Gasteiger partial charge in [0.15, 0.2) is 11.3 Å². The first-order chi connectivity index (χ1) is 17.9. The second-order valence-electron chi connectivity index (χ2n) is 10.9. The molecule has 4 aromatic heterocycles. The number of likely N-dealkylation sites (tertiary alicyclic amines) is 1. The molecule has 0 saturated carbocycles. The highest BCUT2D eigenvalue weighted by molar-refractivity contribution is 5.68. The van der Waals surface area contributed by atoms with Crippen LogP contribution in [0.3, 0.4) is 0 Å². The lowest BCUT2D eigenvalue weighted by Gasteiger charge is -2.33. The van der Waals surface area contributed by atoms with Crippen LogP contribution >= 0.6 is 0 Å². The Morgan fingerprint density at radius 2 is 1.35 bits per heavy atom. The van der Waals surface area contributed by atoms with E-state index >= 15 is 0 Å². The van der Waals surface area contributed by atoms with Crippen LogP contribution in [0.4, 0.5) is 4.79 Å². The predicted octanol–water partition coefficient (Wildman–Crippen LogP) is 4.04. The van der Waals surface area contributed by atoms with E-state index in [1.807, 2.05) is 41.7 Å². The third kappa shape index (κ3) is 6.25. The third-order valence-electron chi connectivity index (χ3n) is 7.06. The Morgan fingerprint density at radius 1 is 0.838 bits per heavy atom. The molecule has 196 valence electrons. The molecule has 6 rings (SSSR count). The summed E-state index contributed by atoms with van der Waals surface area (Å²) < 4.78 is 9.37. The van der Waals surface area contributed by atoms with Gasteiger partial charge in [-0.1, -0.05) is 12.1 Å². The molecular formula is C27H36N8O2. The van der Waals surface area contributed by atoms with Crippen LogP contribution in [0.1, 0.15) is 69.4 Å². The number of amides is 1. The average Bonchev–Trinajstić information content (AvgIpc) is 3.57. The van der Waals surface area contributed by atoms with Crippen molar-refractivity contribution < 1.29 is 9.53 Å². The fourth-order valence-electron chi connectivity index (χ4n) is 5.05. The SMILES string of the molecule is CC(C)(C)OC(=O)N1CCC(c2ccc3nncn3c2)CC1.c1cc2nncn2cc1C1CCNCC1. The van der Waals surface area contributed by atoms with E-state index in [1.54, 1.807) is 17.6 Å². The van der Waals surface area contributed by atoms with Gasteiger partial charge in [-0.15, -0.1) is 20.4 Å². The zero-order valence-electron chi connectivity index (χ0n) is 21.9. The van der Waals surface area contributed by atoms with Gasteiger partial charge in [-0.3, -0.25) is 8.80 Å². The summed E-state index contributed by atoms with van der Waals surface area (Å²) in [4.78, 5) is 13.9. The Kier molecular flexibility index (Phi) is 7.36. The first-order valence-corrected chi connectivity index (χ1v) is 13.1. The highest BCUT2D eigenvalue weighted by atomic mass is 16.6. The van der Waals surface area contributed by atoms with Crippen LogP contribution < -0.4 is 5.32 Å². The standard InChI is InChI=1S/C16H22N4O2.C11H14N4/c1-16(2,3)22-15(21)19-8-6-12(7-9-19)13-4-5-14-18-17-11-20(14)10-13;1-2-11-14-13-8-15(11)7-10(1)9-3-5-12-6-4-9/h4-5,10-12H,6-9H2,1-3H3;1-2,7-9,12H,3-6H2. The summed E-state index contributed by atoms with van der Waals surface area (Å²) >= 11 is 0. The molecule has 2 aliphatic rings. The van der Waals surface area contributed by atoms with Gasteiger partial charge in [0.2, 0.25) is 0 Å². The molecule has 0 radical (unpaired) electrons. The van der Waals surface area contributed by atoms with Gasteiger partial charge in [0.1, 0.15) is 18.3 Å². The Hall–Kier alpha value is -3.53. The maximum Gasteiger partial charge on any atom is 0.410 e. The van der Waals surface area contributed by atoms with Gasteiger partial charge >= 0.3 is 6.09 Å². The Labute approximate surface area is 217 Å². The molecule has 0 spiro atoms. The van der Waals surface area contributed by atoms with Crippen LogP contribution in [0, 0.1) is 0 Å². The molecule has 10 nitrogen and oxygen atoms in total. The quantitative estimate of drug-likeness (QED) is 0.440. The number of nitrogens with zero attached hydrogens (tertiary/aromatic N) is 7. The molecule has 1 N–H and O–H groups in total. The van der Waals surface area contributed by atoms with Gasteiger partial charge in [0.05, 0.1) is 0 Å². The van der Waals surface area contributed by atoms with Crippen molar-refractivity contribution >= 4 is 17.4 Å². The second kappa shape index (κ2) is 10.8. The number of piperidine rings is 2. The molecule has 2 fully saturated rings. The van der Waals surface area contributed by atoms with Crippen molar-refractivity contribution in [2.75, 3.05) is 26.2 Å². The van der Waals surface area contributed by atoms with Crippen LogP contribution in [0.25, 0.3) is 11.3 Å². The number of fused-ring (bicyclic) bond motifs is 2. The van der Waals surface area contributed by atoms with Crippen LogP contribution in [0.2, 0.25) is 0 Å². The highest BCUT2D eigenvalue weighted by Gasteiger charge is 2.27. The third-order valence-corrected chi connectivity index (χ3v) is 7.06. The zero-order chi connectivity index (χ0) is 25.8. The summed E-state index contributed by atoms with van der Waals surface area (Å²) in [6, 6.07) is 8.32. The van der Waals surface area contributed by atoms with E-state index in [4.69, 9.17) is 4.74 Å². The van der Waals surface area contributed by atoms with Crippen molar-refractivity contribution in [3.63, 3.8) is 0 Å². The topological polar surface area (TPSA) is 102 Å². The van der Waals surface area contributed by atoms with Crippen LogP contribution in [0.5, 0.6) is 0 Å². The van der Waals surface area contributed by atoms with Gasteiger partial charge < -0.3 is 15.0 Å². The molecule has 1 amide bonds. The number of hydrogen-bond acceptors (Lipinski definition) is 7. The van der Waals surface area contributed by atoms with E-state index < -0.39 is 5.60 Å². The first kappa shape index (κ1) is 25.1. The minimum atomic E-state index is -0.437. The minimum absolute atomic E-state index is 0.208. The smallest absolute Gasteiger partial charge is 0.410 e. The summed E-state index contributed by atoms with van der Waals surface area (Å²) in [5, 5.41) is 19.2. The molecule has 0 unspecified atom stereocenters. The van der Waals surface area contributed by atoms with Gasteiger partial charge in [-0.25, -0.2) is 4.79 Å². The summed E-state index contributed by atoms with van der Waals surface area (Å²) in [5.74, 6) is 1.16. The number of pyridine rings is 2. The van der Waals surface area contributed by atoms with E-state index in [-0.39, 0.29) is 6.09 Å². The Morgan fingerprint density at radius 3 is 1.86 bits per heavy atom. The van der Waals surface area contributed by atoms with Crippen molar-refractivity contribution in [2.24, 2.45) is 0 Å². The molecule has 10 heteroatoms. The molecule has 4 aromatic rings. The van der Waals surface area contributed by atoms with E-state index in [1.165, 1.54) is 24.0 Å². The summed E-state index contributed by atoms with van der Waals surface area (Å²) in [5.41, 5.74) is 4.02. The van der Waals surface area contributed by atoms with Crippen LogP contribution in [-0.2, 0) is 4.74 Å². The molecular weight excluding hydrogens is 468 g/mol. The molecule has 6 heterocycles. The normalized spacial score (nSPS) is 17.5. The van der Waals surface area contributed by atoms with E-state index in [9.17, 15) is 4.79 Å². The number of rotatable bonds is 2. The maximum atomic E-state index is 12.1. The summed E-state index contributed by atoms with van der Waals surface area (Å²) in [6.45, 7) is 9.42. The van der Waals surface area contributed by atoms with Gasteiger partial charge in [0.25, 0.3) is 0 Å². The maximum absolute atomic E-state index is 12.1. The number of aromatic nitrogens is 6. The fourth-order valence-corrected chi connectivity index (χ4v) is 5.05. The summed E-state index contributed by atoms with van der Waals surface area (Å²) in [7, 11) is 0. The van der Waals surface area contributed by atoms with E-state index in [0.29, 0.717) is 11.8 Å². The number of carbonyl (C=O) groups is 1. The molecule has 0 aromatic carbocycles. The van der Waals surface area contributed by atoms with Crippen molar-refractivity contribution in [1.29, 1.82) is 0 Å². The molecule has 0 atom stereocenters. The molecule has 0 aliphatic carbocycles. The predicted molar refractivity (Wildman–Crippen MR) is 141 cm³/mol. The van der Waals surface area contributed by atoms with Gasteiger partial charge in [-0.2, -0.15) is 0 Å². The second-order valence-corrected chi connectivity index (χ2v) is 10.9. The van der Waals surface area contributed by atoms with E-state index in [2.05, 4.69) is 50.2 Å². The van der Waals surface area contributed by atoms with E-state index in [0.717, 1.165) is 50.3 Å². The average molecular weight is 505 g/mol. The molecule has 37 heavy (non-hydrogen) atoms. The van der Waals surface area contributed by atoms with Crippen molar-refractivity contribution in [1.82, 2.24) is 39.4 Å². The van der Waals surface area contributed by atoms with Crippen LogP contribution in [-0.4, -0.2) is 72.0 Å². The molecule has 0 bridgehead atoms. The number of ether oxygens (including phenoxy) is 1. The Balaban J connectivity index is 0.000000162. The molecule has 2 saturated heterocycles.